The molecule has 5 nitrogen and oxygen atoms in total. The smallest absolute Gasteiger partial charge is 0.257 e. The maximum atomic E-state index is 13.0. The molecule has 0 unspecified atom stereocenters. The molecule has 2 fully saturated rings. The number of methoxy groups -OCH3 is 1. The predicted octanol–water partition coefficient (Wildman–Crippen LogP) is 2.25. The van der Waals surface area contributed by atoms with E-state index >= 15 is 0 Å². The molecule has 2 heterocycles. The molecule has 0 aromatic heterocycles. The Kier molecular flexibility index (Phi) is 5.35. The van der Waals surface area contributed by atoms with Gasteiger partial charge in [0, 0.05) is 25.2 Å². The zero-order chi connectivity index (χ0) is 18.0. The van der Waals surface area contributed by atoms with Gasteiger partial charge < -0.3 is 14.5 Å². The Morgan fingerprint density at radius 2 is 1.84 bits per heavy atom. The van der Waals surface area contributed by atoms with Crippen LogP contribution in [0.1, 0.15) is 35.2 Å². The number of nitrogens with zero attached hydrogens (tertiary/aromatic N) is 3. The lowest BCUT2D eigenvalue weighted by atomic mass is 9.85. The van der Waals surface area contributed by atoms with E-state index in [4.69, 9.17) is 4.74 Å². The van der Waals surface area contributed by atoms with Crippen molar-refractivity contribution in [2.24, 2.45) is 0 Å². The highest BCUT2D eigenvalue weighted by Crippen LogP contribution is 2.32. The lowest BCUT2D eigenvalue weighted by Crippen LogP contribution is -2.58. The van der Waals surface area contributed by atoms with Crippen molar-refractivity contribution in [2.45, 2.75) is 31.7 Å². The summed E-state index contributed by atoms with van der Waals surface area (Å²) in [7, 11) is 6.10. The Balaban J connectivity index is 1.72. The molecule has 2 saturated heterocycles. The van der Waals surface area contributed by atoms with Crippen LogP contribution in [0.25, 0.3) is 0 Å². The normalized spacial score (nSPS) is 22.0. The Morgan fingerprint density at radius 3 is 2.52 bits per heavy atom. The molecule has 0 atom stereocenters. The van der Waals surface area contributed by atoms with Crippen LogP contribution in [0, 0.1) is 6.92 Å². The number of hydrogen-bond acceptors (Lipinski definition) is 4. The molecule has 0 radical (unpaired) electrons. The second-order valence-corrected chi connectivity index (χ2v) is 7.73. The van der Waals surface area contributed by atoms with Crippen LogP contribution in [0.4, 0.5) is 0 Å². The van der Waals surface area contributed by atoms with Gasteiger partial charge in [-0.3, -0.25) is 9.69 Å². The molecule has 25 heavy (non-hydrogen) atoms. The summed E-state index contributed by atoms with van der Waals surface area (Å²) in [5.41, 5.74) is 1.99. The average molecular weight is 345 g/mol. The largest absolute Gasteiger partial charge is 0.496 e. The molecule has 0 N–H and O–H groups in total. The van der Waals surface area contributed by atoms with Crippen molar-refractivity contribution >= 4 is 5.91 Å². The molecule has 0 aliphatic carbocycles. The van der Waals surface area contributed by atoms with Gasteiger partial charge >= 0.3 is 0 Å². The first-order valence-corrected chi connectivity index (χ1v) is 9.29. The summed E-state index contributed by atoms with van der Waals surface area (Å²) in [5.74, 6) is 0.771. The van der Waals surface area contributed by atoms with Gasteiger partial charge in [0.25, 0.3) is 5.91 Å². The van der Waals surface area contributed by atoms with E-state index in [1.807, 2.05) is 30.0 Å². The van der Waals surface area contributed by atoms with Crippen molar-refractivity contribution in [3.05, 3.63) is 29.3 Å². The summed E-state index contributed by atoms with van der Waals surface area (Å²) in [6, 6.07) is 5.81. The lowest BCUT2D eigenvalue weighted by Gasteiger charge is -2.47. The third-order valence-electron chi connectivity index (χ3n) is 5.98. The van der Waals surface area contributed by atoms with Gasteiger partial charge in [-0.2, -0.15) is 0 Å². The van der Waals surface area contributed by atoms with Crippen molar-refractivity contribution in [1.29, 1.82) is 0 Å². The van der Waals surface area contributed by atoms with Gasteiger partial charge in [0.15, 0.2) is 0 Å². The fraction of sp³-hybridized carbons (Fsp3) is 0.650. The number of carbonyl (C=O) groups is 1. The van der Waals surface area contributed by atoms with E-state index in [-0.39, 0.29) is 11.4 Å². The summed E-state index contributed by atoms with van der Waals surface area (Å²) in [6.07, 6.45) is 3.29. The van der Waals surface area contributed by atoms with Gasteiger partial charge in [0.2, 0.25) is 0 Å². The number of likely N-dealkylation sites (tertiary alicyclic amines) is 1. The number of hydrogen-bond donors (Lipinski definition) is 0. The number of rotatable bonds is 2. The van der Waals surface area contributed by atoms with Crippen LogP contribution in [0.5, 0.6) is 5.75 Å². The van der Waals surface area contributed by atoms with Crippen molar-refractivity contribution in [2.75, 3.05) is 53.9 Å². The Labute approximate surface area is 151 Å². The van der Waals surface area contributed by atoms with Gasteiger partial charge in [-0.15, -0.1) is 0 Å². The monoisotopic (exact) mass is 345 g/mol. The van der Waals surface area contributed by atoms with E-state index < -0.39 is 0 Å². The Morgan fingerprint density at radius 1 is 1.12 bits per heavy atom. The molecule has 138 valence electrons. The minimum atomic E-state index is 0.0938. The van der Waals surface area contributed by atoms with Crippen LogP contribution >= 0.6 is 0 Å². The maximum absolute atomic E-state index is 13.0. The SMILES string of the molecule is COc1cc(C)ccc1C(=O)N1CCC2(CC1)CN(C)CCCN2C. The molecule has 1 aromatic rings. The van der Waals surface area contributed by atoms with Gasteiger partial charge in [-0.25, -0.2) is 0 Å². The molecule has 1 aromatic carbocycles. The quantitative estimate of drug-likeness (QED) is 0.824. The molecular weight excluding hydrogens is 314 g/mol. The first kappa shape index (κ1) is 18.2. The summed E-state index contributed by atoms with van der Waals surface area (Å²) < 4.78 is 5.43. The summed E-state index contributed by atoms with van der Waals surface area (Å²) in [4.78, 5) is 20.0. The predicted molar refractivity (Wildman–Crippen MR) is 100 cm³/mol. The molecular formula is C20H31N3O2. The van der Waals surface area contributed by atoms with Crippen molar-refractivity contribution in [3.63, 3.8) is 0 Å². The summed E-state index contributed by atoms with van der Waals surface area (Å²) in [5, 5.41) is 0. The van der Waals surface area contributed by atoms with Gasteiger partial charge in [0.1, 0.15) is 5.75 Å². The number of aryl methyl sites for hydroxylation is 1. The summed E-state index contributed by atoms with van der Waals surface area (Å²) >= 11 is 0. The van der Waals surface area contributed by atoms with E-state index in [2.05, 4.69) is 23.9 Å². The molecule has 0 bridgehead atoms. The number of ether oxygens (including phenoxy) is 1. The maximum Gasteiger partial charge on any atom is 0.257 e. The van der Waals surface area contributed by atoms with Crippen LogP contribution in [0.2, 0.25) is 0 Å². The topological polar surface area (TPSA) is 36.0 Å². The number of carbonyl (C=O) groups excluding carboxylic acids is 1. The Hall–Kier alpha value is -1.59. The van der Waals surface area contributed by atoms with E-state index in [9.17, 15) is 4.79 Å². The second kappa shape index (κ2) is 7.34. The number of amides is 1. The van der Waals surface area contributed by atoms with Crippen LogP contribution < -0.4 is 4.74 Å². The van der Waals surface area contributed by atoms with E-state index in [1.165, 1.54) is 6.42 Å². The van der Waals surface area contributed by atoms with Gasteiger partial charge in [0.05, 0.1) is 12.7 Å². The minimum Gasteiger partial charge on any atom is -0.496 e. The lowest BCUT2D eigenvalue weighted by molar-refractivity contribution is 0.0280. The summed E-state index contributed by atoms with van der Waals surface area (Å²) in [6.45, 7) is 7.04. The van der Waals surface area contributed by atoms with Crippen molar-refractivity contribution in [1.82, 2.24) is 14.7 Å². The highest BCUT2D eigenvalue weighted by molar-refractivity contribution is 5.97. The van der Waals surface area contributed by atoms with Crippen molar-refractivity contribution in [3.8, 4) is 5.75 Å². The van der Waals surface area contributed by atoms with Crippen LogP contribution in [-0.4, -0.2) is 80.1 Å². The van der Waals surface area contributed by atoms with Gasteiger partial charge in [-0.05, 0) is 71.1 Å². The van der Waals surface area contributed by atoms with E-state index in [0.717, 1.165) is 51.1 Å². The zero-order valence-electron chi connectivity index (χ0n) is 16.0. The first-order chi connectivity index (χ1) is 11.9. The fourth-order valence-corrected chi connectivity index (χ4v) is 4.33. The van der Waals surface area contributed by atoms with Gasteiger partial charge in [-0.1, -0.05) is 6.07 Å². The molecule has 0 saturated carbocycles. The van der Waals surface area contributed by atoms with Crippen LogP contribution in [0.15, 0.2) is 18.2 Å². The third-order valence-corrected chi connectivity index (χ3v) is 5.98. The first-order valence-electron chi connectivity index (χ1n) is 9.29. The molecule has 2 aliphatic heterocycles. The standard InChI is InChI=1S/C20H31N3O2/c1-16-6-7-17(18(14-16)25-4)19(24)23-12-8-20(9-13-23)15-21(2)10-5-11-22(20)3/h6-7,14H,5,8-13,15H2,1-4H3. The fourth-order valence-electron chi connectivity index (χ4n) is 4.33. The third kappa shape index (κ3) is 3.67. The van der Waals surface area contributed by atoms with Crippen molar-refractivity contribution < 1.29 is 9.53 Å². The van der Waals surface area contributed by atoms with Crippen LogP contribution in [0.3, 0.4) is 0 Å². The van der Waals surface area contributed by atoms with E-state index in [1.54, 1.807) is 7.11 Å². The average Bonchev–Trinajstić information content (AvgIpc) is 2.73. The highest BCUT2D eigenvalue weighted by atomic mass is 16.5. The highest BCUT2D eigenvalue weighted by Gasteiger charge is 2.41. The molecule has 1 amide bonds. The Bertz CT molecular complexity index is 623. The van der Waals surface area contributed by atoms with E-state index in [0.29, 0.717) is 11.3 Å². The number of piperidine rings is 1. The zero-order valence-corrected chi connectivity index (χ0v) is 16.0. The molecule has 5 heteroatoms. The number of benzene rings is 1. The number of likely N-dealkylation sites (N-methyl/N-ethyl adjacent to an activating group) is 2. The molecule has 3 rings (SSSR count). The minimum absolute atomic E-state index is 0.0938. The molecule has 1 spiro atoms. The molecule has 2 aliphatic rings. The second-order valence-electron chi connectivity index (χ2n) is 7.73. The van der Waals surface area contributed by atoms with Crippen LogP contribution in [-0.2, 0) is 0 Å².